The van der Waals surface area contributed by atoms with Gasteiger partial charge in [0.25, 0.3) is 0 Å². The summed E-state index contributed by atoms with van der Waals surface area (Å²) in [4.78, 5) is 13.0. The van der Waals surface area contributed by atoms with E-state index in [2.05, 4.69) is 17.6 Å². The van der Waals surface area contributed by atoms with Crippen molar-refractivity contribution in [3.05, 3.63) is 16.2 Å². The molecule has 0 aromatic carbocycles. The summed E-state index contributed by atoms with van der Waals surface area (Å²) in [6, 6.07) is 0. The molecular formula is C5H8N2O2S. The summed E-state index contributed by atoms with van der Waals surface area (Å²) in [5.74, 6) is 0.253. The summed E-state index contributed by atoms with van der Waals surface area (Å²) in [7, 11) is 1.57. The molecular weight excluding hydrogens is 152 g/mol. The minimum absolute atomic E-state index is 0.0949. The van der Waals surface area contributed by atoms with Gasteiger partial charge in [-0.3, -0.25) is 9.55 Å². The zero-order chi connectivity index (χ0) is 7.72. The van der Waals surface area contributed by atoms with Crippen LogP contribution < -0.4 is 5.69 Å². The van der Waals surface area contributed by atoms with Crippen LogP contribution in [-0.2, 0) is 12.8 Å². The number of aromatic hydroxyl groups is 1. The largest absolute Gasteiger partial charge is 0.493 e. The predicted molar refractivity (Wildman–Crippen MR) is 40.4 cm³/mol. The molecule has 1 rings (SSSR count). The van der Waals surface area contributed by atoms with E-state index in [1.165, 1.54) is 4.57 Å². The Labute approximate surface area is 62.9 Å². The molecule has 0 spiro atoms. The number of hydrogen-bond donors (Lipinski definition) is 3. The smallest absolute Gasteiger partial charge is 0.328 e. The standard InChI is InChI=1S/C5H8N2O2S/c1-7-3(2-10)4(8)6-5(7)9/h8,10H,2H2,1H3,(H,6,9). The molecule has 0 aliphatic rings. The number of nitrogens with one attached hydrogen (secondary N) is 1. The summed E-state index contributed by atoms with van der Waals surface area (Å²) in [5.41, 5.74) is 0.190. The Morgan fingerprint density at radius 1 is 1.80 bits per heavy atom. The van der Waals surface area contributed by atoms with E-state index in [1.54, 1.807) is 7.05 Å². The SMILES string of the molecule is Cn1c(CS)c(O)[nH]c1=O. The van der Waals surface area contributed by atoms with Gasteiger partial charge >= 0.3 is 5.69 Å². The number of H-pyrrole nitrogens is 1. The fraction of sp³-hybridized carbons (Fsp3) is 0.400. The molecule has 5 heteroatoms. The van der Waals surface area contributed by atoms with Gasteiger partial charge in [-0.25, -0.2) is 4.79 Å². The lowest BCUT2D eigenvalue weighted by Gasteiger charge is -1.94. The van der Waals surface area contributed by atoms with Crippen LogP contribution in [0.3, 0.4) is 0 Å². The monoisotopic (exact) mass is 160 g/mol. The van der Waals surface area contributed by atoms with Crippen molar-refractivity contribution in [2.24, 2.45) is 7.05 Å². The molecule has 0 atom stereocenters. The van der Waals surface area contributed by atoms with Gasteiger partial charge in [-0.1, -0.05) is 0 Å². The van der Waals surface area contributed by atoms with Crippen molar-refractivity contribution in [3.63, 3.8) is 0 Å². The molecule has 4 nitrogen and oxygen atoms in total. The van der Waals surface area contributed by atoms with Crippen LogP contribution in [0, 0.1) is 0 Å². The summed E-state index contributed by atoms with van der Waals surface area (Å²) < 4.78 is 1.32. The molecule has 0 amide bonds. The number of rotatable bonds is 1. The highest BCUT2D eigenvalue weighted by molar-refractivity contribution is 7.79. The van der Waals surface area contributed by atoms with E-state index in [1.807, 2.05) is 0 Å². The van der Waals surface area contributed by atoms with Crippen LogP contribution in [0.25, 0.3) is 0 Å². The molecule has 0 fully saturated rings. The average Bonchev–Trinajstić information content (AvgIpc) is 2.09. The number of aromatic amines is 1. The summed E-state index contributed by atoms with van der Waals surface area (Å²) >= 11 is 3.92. The van der Waals surface area contributed by atoms with E-state index in [9.17, 15) is 4.79 Å². The molecule has 0 saturated heterocycles. The third kappa shape index (κ3) is 0.923. The highest BCUT2D eigenvalue weighted by Gasteiger charge is 2.06. The Morgan fingerprint density at radius 2 is 2.40 bits per heavy atom. The molecule has 0 aliphatic carbocycles. The second-order valence-corrected chi connectivity index (χ2v) is 2.26. The maximum absolute atomic E-state index is 10.7. The van der Waals surface area contributed by atoms with E-state index in [0.717, 1.165) is 0 Å². The topological polar surface area (TPSA) is 58.0 Å². The Balaban J connectivity index is 3.34. The van der Waals surface area contributed by atoms with Gasteiger partial charge < -0.3 is 5.11 Å². The van der Waals surface area contributed by atoms with Crippen molar-refractivity contribution < 1.29 is 5.11 Å². The first-order chi connectivity index (χ1) is 4.66. The van der Waals surface area contributed by atoms with Crippen LogP contribution in [0.2, 0.25) is 0 Å². The lowest BCUT2D eigenvalue weighted by atomic mass is 10.5. The second kappa shape index (κ2) is 2.42. The van der Waals surface area contributed by atoms with E-state index >= 15 is 0 Å². The lowest BCUT2D eigenvalue weighted by molar-refractivity contribution is 0.450. The van der Waals surface area contributed by atoms with E-state index in [0.29, 0.717) is 11.4 Å². The summed E-state index contributed by atoms with van der Waals surface area (Å²) in [5, 5.41) is 8.99. The summed E-state index contributed by atoms with van der Waals surface area (Å²) in [6.07, 6.45) is 0. The van der Waals surface area contributed by atoms with Crippen molar-refractivity contribution in [1.29, 1.82) is 0 Å². The third-order valence-electron chi connectivity index (χ3n) is 1.36. The molecule has 0 aliphatic heterocycles. The van der Waals surface area contributed by atoms with Crippen molar-refractivity contribution in [1.82, 2.24) is 9.55 Å². The first-order valence-electron chi connectivity index (χ1n) is 2.74. The predicted octanol–water partition coefficient (Wildman–Crippen LogP) is -0.151. The number of nitrogens with zero attached hydrogens (tertiary/aromatic N) is 1. The minimum atomic E-state index is -0.318. The molecule has 10 heavy (non-hydrogen) atoms. The van der Waals surface area contributed by atoms with Crippen molar-refractivity contribution >= 4 is 12.6 Å². The average molecular weight is 160 g/mol. The molecule has 2 N–H and O–H groups in total. The van der Waals surface area contributed by atoms with Gasteiger partial charge in [-0.15, -0.1) is 0 Å². The van der Waals surface area contributed by atoms with E-state index in [-0.39, 0.29) is 11.6 Å². The van der Waals surface area contributed by atoms with Crippen LogP contribution in [0.15, 0.2) is 4.79 Å². The van der Waals surface area contributed by atoms with Crippen molar-refractivity contribution in [2.75, 3.05) is 0 Å². The van der Waals surface area contributed by atoms with Gasteiger partial charge in [0.05, 0.1) is 5.69 Å². The molecule has 0 bridgehead atoms. The molecule has 1 aromatic rings. The van der Waals surface area contributed by atoms with E-state index in [4.69, 9.17) is 5.11 Å². The molecule has 1 heterocycles. The number of imidazole rings is 1. The van der Waals surface area contributed by atoms with Crippen LogP contribution >= 0.6 is 12.6 Å². The third-order valence-corrected chi connectivity index (χ3v) is 1.66. The molecule has 1 aromatic heterocycles. The Kier molecular flexibility index (Phi) is 1.76. The highest BCUT2D eigenvalue weighted by Crippen LogP contribution is 2.11. The fourth-order valence-corrected chi connectivity index (χ4v) is 1.08. The minimum Gasteiger partial charge on any atom is -0.493 e. The normalized spacial score (nSPS) is 10.2. The number of hydrogen-bond acceptors (Lipinski definition) is 3. The van der Waals surface area contributed by atoms with Crippen LogP contribution in [0.5, 0.6) is 5.88 Å². The second-order valence-electron chi connectivity index (χ2n) is 1.94. The molecule has 0 unspecified atom stereocenters. The fourth-order valence-electron chi connectivity index (χ4n) is 0.720. The lowest BCUT2D eigenvalue weighted by Crippen LogP contribution is -2.13. The Morgan fingerprint density at radius 3 is 2.60 bits per heavy atom. The van der Waals surface area contributed by atoms with Crippen molar-refractivity contribution in [2.45, 2.75) is 5.75 Å². The van der Waals surface area contributed by atoms with Gasteiger partial charge in [-0.2, -0.15) is 12.6 Å². The highest BCUT2D eigenvalue weighted by atomic mass is 32.1. The summed E-state index contributed by atoms with van der Waals surface area (Å²) in [6.45, 7) is 0. The van der Waals surface area contributed by atoms with Crippen LogP contribution in [0.4, 0.5) is 0 Å². The van der Waals surface area contributed by atoms with Crippen LogP contribution in [0.1, 0.15) is 5.69 Å². The number of aromatic nitrogens is 2. The van der Waals surface area contributed by atoms with E-state index < -0.39 is 0 Å². The molecule has 0 radical (unpaired) electrons. The first-order valence-corrected chi connectivity index (χ1v) is 3.37. The van der Waals surface area contributed by atoms with Crippen LogP contribution in [-0.4, -0.2) is 14.7 Å². The van der Waals surface area contributed by atoms with Gasteiger partial charge in [0.1, 0.15) is 0 Å². The Bertz CT molecular complexity index is 288. The maximum Gasteiger partial charge on any atom is 0.328 e. The molecule has 56 valence electrons. The van der Waals surface area contributed by atoms with Gasteiger partial charge in [-0.05, 0) is 0 Å². The number of thiol groups is 1. The maximum atomic E-state index is 10.7. The van der Waals surface area contributed by atoms with Gasteiger partial charge in [0.2, 0.25) is 5.88 Å². The first kappa shape index (κ1) is 7.27. The van der Waals surface area contributed by atoms with Crippen molar-refractivity contribution in [3.8, 4) is 5.88 Å². The zero-order valence-electron chi connectivity index (χ0n) is 5.46. The quantitative estimate of drug-likeness (QED) is 0.500. The molecule has 0 saturated carbocycles. The Hall–Kier alpha value is -0.840. The van der Waals surface area contributed by atoms with Gasteiger partial charge in [0, 0.05) is 12.8 Å². The zero-order valence-corrected chi connectivity index (χ0v) is 6.35. The van der Waals surface area contributed by atoms with Gasteiger partial charge in [0.15, 0.2) is 0 Å².